The largest absolute Gasteiger partial charge is 0.262 e. The highest BCUT2D eigenvalue weighted by Gasteiger charge is 1.72. The monoisotopic (exact) mass is 139 g/mol. The Hall–Kier alpha value is -0.850. The first-order valence-electron chi connectivity index (χ1n) is 3.61. The van der Waals surface area contributed by atoms with Crippen LogP contribution >= 0.6 is 0 Å². The van der Waals surface area contributed by atoms with E-state index in [4.69, 9.17) is 0 Å². The lowest BCUT2D eigenvalue weighted by molar-refractivity contribution is 1.43. The predicted molar refractivity (Wildman–Crippen MR) is 49.5 cm³/mol. The molecule has 0 aliphatic rings. The predicted octanol–water partition coefficient (Wildman–Crippen LogP) is 3.19. The summed E-state index contributed by atoms with van der Waals surface area (Å²) in [6, 6.07) is 0. The molecule has 1 heteroatoms. The van der Waals surface area contributed by atoms with Crippen molar-refractivity contribution in [2.75, 3.05) is 0 Å². The van der Waals surface area contributed by atoms with Crippen molar-refractivity contribution in [3.8, 4) is 0 Å². The molecule has 0 amide bonds. The van der Waals surface area contributed by atoms with Gasteiger partial charge in [-0.1, -0.05) is 26.5 Å². The molecule has 0 saturated heterocycles. The second kappa shape index (κ2) is 11.0. The molecule has 0 rings (SSSR count). The first kappa shape index (κ1) is 11.9. The third kappa shape index (κ3) is 10.2. The van der Waals surface area contributed by atoms with Crippen LogP contribution in [0.2, 0.25) is 0 Å². The molecule has 0 aromatic heterocycles. The summed E-state index contributed by atoms with van der Waals surface area (Å²) < 4.78 is 0. The van der Waals surface area contributed by atoms with Crippen LogP contribution in [0.4, 0.5) is 0 Å². The lowest BCUT2D eigenvalue weighted by Crippen LogP contribution is -1.65. The first-order chi connectivity index (χ1) is 4.81. The molecule has 0 unspecified atom stereocenters. The summed E-state index contributed by atoms with van der Waals surface area (Å²) >= 11 is 0. The van der Waals surface area contributed by atoms with Crippen molar-refractivity contribution in [3.63, 3.8) is 0 Å². The first-order valence-corrected chi connectivity index (χ1v) is 3.61. The molecule has 0 aliphatic carbocycles. The number of nitrogens with zero attached hydrogens (tertiary/aromatic N) is 1. The van der Waals surface area contributed by atoms with Gasteiger partial charge in [-0.15, -0.1) is 0 Å². The fraction of sp³-hybridized carbons (Fsp3) is 0.444. The van der Waals surface area contributed by atoms with Crippen molar-refractivity contribution in [3.05, 3.63) is 24.4 Å². The number of rotatable bonds is 2. The summed E-state index contributed by atoms with van der Waals surface area (Å²) in [5.74, 6) is 0. The van der Waals surface area contributed by atoms with E-state index in [2.05, 4.69) is 11.6 Å². The highest BCUT2D eigenvalue weighted by molar-refractivity contribution is 5.55. The van der Waals surface area contributed by atoms with Crippen molar-refractivity contribution >= 4 is 6.21 Å². The molecule has 0 spiro atoms. The maximum atomic E-state index is 3.91. The Morgan fingerprint density at radius 1 is 1.30 bits per heavy atom. The van der Waals surface area contributed by atoms with Gasteiger partial charge in [-0.05, 0) is 19.9 Å². The van der Waals surface area contributed by atoms with Gasteiger partial charge in [0.25, 0.3) is 0 Å². The number of aliphatic imine (C=N–C) groups is 1. The van der Waals surface area contributed by atoms with Crippen LogP contribution in [0.3, 0.4) is 0 Å². The zero-order chi connectivity index (χ0) is 8.41. The molecule has 0 fully saturated rings. The molecule has 0 radical (unpaired) electrons. The van der Waals surface area contributed by atoms with Crippen LogP contribution in [0, 0.1) is 0 Å². The second-order valence-electron chi connectivity index (χ2n) is 1.38. The molecule has 0 aliphatic heterocycles. The van der Waals surface area contributed by atoms with Gasteiger partial charge in [0.05, 0.1) is 5.70 Å². The smallest absolute Gasteiger partial charge is 0.0550 e. The van der Waals surface area contributed by atoms with E-state index in [0.29, 0.717) is 0 Å². The van der Waals surface area contributed by atoms with Crippen molar-refractivity contribution in [2.45, 2.75) is 27.7 Å². The van der Waals surface area contributed by atoms with Crippen LogP contribution in [-0.4, -0.2) is 6.21 Å². The van der Waals surface area contributed by atoms with E-state index in [9.17, 15) is 0 Å². The molecule has 0 bridgehead atoms. The number of hydrogen-bond acceptors (Lipinski definition) is 1. The van der Waals surface area contributed by atoms with Gasteiger partial charge < -0.3 is 0 Å². The van der Waals surface area contributed by atoms with Gasteiger partial charge >= 0.3 is 0 Å². The zero-order valence-corrected chi connectivity index (χ0v) is 7.39. The van der Waals surface area contributed by atoms with Crippen LogP contribution in [-0.2, 0) is 0 Å². The Bertz CT molecular complexity index is 107. The normalized spacial score (nSPS) is 9.60. The van der Waals surface area contributed by atoms with E-state index in [1.165, 1.54) is 0 Å². The molecular weight excluding hydrogens is 122 g/mol. The van der Waals surface area contributed by atoms with Crippen molar-refractivity contribution in [1.82, 2.24) is 0 Å². The van der Waals surface area contributed by atoms with Gasteiger partial charge in [0.15, 0.2) is 0 Å². The summed E-state index contributed by atoms with van der Waals surface area (Å²) in [5.41, 5.74) is 0.801. The average molecular weight is 139 g/mol. The van der Waals surface area contributed by atoms with E-state index >= 15 is 0 Å². The fourth-order valence-electron chi connectivity index (χ4n) is 0.401. The Morgan fingerprint density at radius 3 is 2.10 bits per heavy atom. The highest BCUT2D eigenvalue weighted by atomic mass is 14.7. The molecule has 0 N–H and O–H groups in total. The van der Waals surface area contributed by atoms with Gasteiger partial charge in [-0.25, -0.2) is 0 Å². The van der Waals surface area contributed by atoms with Gasteiger partial charge in [-0.2, -0.15) is 0 Å². The molecule has 0 aromatic carbocycles. The van der Waals surface area contributed by atoms with E-state index in [1.807, 2.05) is 39.8 Å². The summed E-state index contributed by atoms with van der Waals surface area (Å²) in [6.07, 6.45) is 5.50. The van der Waals surface area contributed by atoms with Crippen molar-refractivity contribution in [1.29, 1.82) is 0 Å². The Kier molecular flexibility index (Phi) is 13.1. The van der Waals surface area contributed by atoms with Gasteiger partial charge in [0, 0.05) is 6.21 Å². The van der Waals surface area contributed by atoms with E-state index in [0.717, 1.165) is 5.70 Å². The van der Waals surface area contributed by atoms with E-state index in [-0.39, 0.29) is 0 Å². The Morgan fingerprint density at radius 2 is 1.80 bits per heavy atom. The SMILES string of the molecule is C=C(/C=C\C)N=CC.CC. The minimum absolute atomic E-state index is 0.801. The summed E-state index contributed by atoms with van der Waals surface area (Å²) in [6.45, 7) is 11.5. The number of hydrogen-bond donors (Lipinski definition) is 0. The van der Waals surface area contributed by atoms with Crippen molar-refractivity contribution in [2.24, 2.45) is 4.99 Å². The van der Waals surface area contributed by atoms with Crippen LogP contribution in [0.5, 0.6) is 0 Å². The topological polar surface area (TPSA) is 12.4 Å². The lowest BCUT2D eigenvalue weighted by Gasteiger charge is -1.82. The molecule has 0 heterocycles. The maximum Gasteiger partial charge on any atom is 0.0550 e. The zero-order valence-electron chi connectivity index (χ0n) is 7.39. The van der Waals surface area contributed by atoms with Crippen LogP contribution in [0.15, 0.2) is 29.4 Å². The van der Waals surface area contributed by atoms with E-state index < -0.39 is 0 Å². The van der Waals surface area contributed by atoms with Crippen LogP contribution in [0.25, 0.3) is 0 Å². The molecule has 10 heavy (non-hydrogen) atoms. The molecule has 58 valence electrons. The molecule has 1 nitrogen and oxygen atoms in total. The molecule has 0 atom stereocenters. The average Bonchev–Trinajstić information content (AvgIpc) is 1.93. The Balaban J connectivity index is 0. The summed E-state index contributed by atoms with van der Waals surface area (Å²) in [7, 11) is 0. The summed E-state index contributed by atoms with van der Waals surface area (Å²) in [5, 5.41) is 0. The van der Waals surface area contributed by atoms with E-state index in [1.54, 1.807) is 6.21 Å². The van der Waals surface area contributed by atoms with Gasteiger partial charge in [0.1, 0.15) is 0 Å². The maximum absolute atomic E-state index is 3.91. The highest BCUT2D eigenvalue weighted by Crippen LogP contribution is 1.91. The second-order valence-corrected chi connectivity index (χ2v) is 1.38. The van der Waals surface area contributed by atoms with Crippen LogP contribution in [0.1, 0.15) is 27.7 Å². The standard InChI is InChI=1S/C7H11N.C2H6/c1-4-6-7(3)8-5-2;1-2/h4-6H,3H2,1-2H3;1-2H3/b6-4-,8-5?;. The van der Waals surface area contributed by atoms with Crippen LogP contribution < -0.4 is 0 Å². The number of allylic oxidation sites excluding steroid dienone is 2. The molecular formula is C9H17N. The molecule has 0 saturated carbocycles. The fourth-order valence-corrected chi connectivity index (χ4v) is 0.401. The van der Waals surface area contributed by atoms with Crippen molar-refractivity contribution < 1.29 is 0 Å². The van der Waals surface area contributed by atoms with Gasteiger partial charge in [0.2, 0.25) is 0 Å². The minimum Gasteiger partial charge on any atom is -0.262 e. The third-order valence-corrected chi connectivity index (χ3v) is 0.654. The Labute approximate surface area is 64.2 Å². The third-order valence-electron chi connectivity index (χ3n) is 0.654. The van der Waals surface area contributed by atoms with Gasteiger partial charge in [-0.3, -0.25) is 4.99 Å². The summed E-state index contributed by atoms with van der Waals surface area (Å²) in [4.78, 5) is 3.91. The quantitative estimate of drug-likeness (QED) is 0.411. The minimum atomic E-state index is 0.801. The lowest BCUT2D eigenvalue weighted by atomic mass is 10.4. The molecule has 0 aromatic rings.